The van der Waals surface area contributed by atoms with Crippen molar-refractivity contribution in [3.05, 3.63) is 54.0 Å². The molecule has 3 rings (SSSR count). The fourth-order valence-corrected chi connectivity index (χ4v) is 3.13. The van der Waals surface area contributed by atoms with Gasteiger partial charge in [0.2, 0.25) is 0 Å². The van der Waals surface area contributed by atoms with Gasteiger partial charge in [-0.25, -0.2) is 9.97 Å². The largest absolute Gasteiger partial charge is 0.351 e. The van der Waals surface area contributed by atoms with E-state index in [4.69, 9.17) is 0 Å². The highest BCUT2D eigenvalue weighted by atomic mass is 16.2. The average molecular weight is 338 g/mol. The van der Waals surface area contributed by atoms with Crippen LogP contribution in [0.1, 0.15) is 42.7 Å². The van der Waals surface area contributed by atoms with Crippen LogP contribution in [0.3, 0.4) is 0 Å². The molecule has 0 unspecified atom stereocenters. The van der Waals surface area contributed by atoms with E-state index in [0.717, 1.165) is 44.8 Å². The molecule has 2 aromatic rings. The van der Waals surface area contributed by atoms with E-state index >= 15 is 0 Å². The Bertz CT molecular complexity index is 679. The zero-order valence-electron chi connectivity index (χ0n) is 15.1. The molecule has 1 amide bonds. The first kappa shape index (κ1) is 17.4. The highest BCUT2D eigenvalue weighted by Crippen LogP contribution is 2.18. The number of carbonyl (C=O) groups excluding carboxylic acids is 1. The summed E-state index contributed by atoms with van der Waals surface area (Å²) in [6.45, 7) is 7.59. The standard InChI is InChI=1S/C20H26N4O/c1-3-23(15-17-7-5-4-6-8-17)19-14-21-18(13-22-19)20(25)24-11-9-16(2)10-12-24/h4-8,13-14,16H,3,9-12,15H2,1-2H3. The summed E-state index contributed by atoms with van der Waals surface area (Å²) in [6, 6.07) is 10.3. The first-order chi connectivity index (χ1) is 12.2. The summed E-state index contributed by atoms with van der Waals surface area (Å²) >= 11 is 0. The molecular weight excluding hydrogens is 312 g/mol. The molecule has 132 valence electrons. The van der Waals surface area contributed by atoms with Gasteiger partial charge in [0, 0.05) is 26.2 Å². The fraction of sp³-hybridized carbons (Fsp3) is 0.450. The maximum Gasteiger partial charge on any atom is 0.274 e. The number of rotatable bonds is 5. The lowest BCUT2D eigenvalue weighted by Gasteiger charge is -2.30. The lowest BCUT2D eigenvalue weighted by atomic mass is 9.99. The Morgan fingerprint density at radius 1 is 1.16 bits per heavy atom. The van der Waals surface area contributed by atoms with Gasteiger partial charge < -0.3 is 9.80 Å². The molecule has 1 aliphatic rings. The third-order valence-corrected chi connectivity index (χ3v) is 4.85. The highest BCUT2D eigenvalue weighted by molar-refractivity contribution is 5.92. The van der Waals surface area contributed by atoms with E-state index in [1.54, 1.807) is 12.4 Å². The van der Waals surface area contributed by atoms with E-state index in [0.29, 0.717) is 11.6 Å². The van der Waals surface area contributed by atoms with Crippen LogP contribution in [0.4, 0.5) is 5.82 Å². The van der Waals surface area contributed by atoms with Crippen molar-refractivity contribution >= 4 is 11.7 Å². The maximum atomic E-state index is 12.6. The van der Waals surface area contributed by atoms with E-state index in [1.807, 2.05) is 23.1 Å². The van der Waals surface area contributed by atoms with E-state index in [2.05, 4.69) is 40.8 Å². The molecule has 0 atom stereocenters. The molecule has 5 nitrogen and oxygen atoms in total. The van der Waals surface area contributed by atoms with Crippen LogP contribution in [-0.2, 0) is 6.54 Å². The summed E-state index contributed by atoms with van der Waals surface area (Å²) in [4.78, 5) is 25.5. The van der Waals surface area contributed by atoms with Gasteiger partial charge in [0.05, 0.1) is 12.4 Å². The van der Waals surface area contributed by atoms with Crippen molar-refractivity contribution < 1.29 is 4.79 Å². The molecule has 0 aliphatic carbocycles. The maximum absolute atomic E-state index is 12.6. The second-order valence-corrected chi connectivity index (χ2v) is 6.73. The molecule has 0 bridgehead atoms. The summed E-state index contributed by atoms with van der Waals surface area (Å²) in [5.41, 5.74) is 1.67. The zero-order valence-corrected chi connectivity index (χ0v) is 15.1. The SMILES string of the molecule is CCN(Cc1ccccc1)c1cnc(C(=O)N2CCC(C)CC2)cn1. The second kappa shape index (κ2) is 8.10. The minimum atomic E-state index is -0.00272. The van der Waals surface area contributed by atoms with Crippen molar-refractivity contribution in [3.8, 4) is 0 Å². The van der Waals surface area contributed by atoms with Gasteiger partial charge >= 0.3 is 0 Å². The van der Waals surface area contributed by atoms with Crippen molar-refractivity contribution in [1.29, 1.82) is 0 Å². The van der Waals surface area contributed by atoms with Crippen LogP contribution in [0, 0.1) is 5.92 Å². The van der Waals surface area contributed by atoms with Crippen LogP contribution in [0.5, 0.6) is 0 Å². The van der Waals surface area contributed by atoms with Gasteiger partial charge in [-0.2, -0.15) is 0 Å². The number of nitrogens with zero attached hydrogens (tertiary/aromatic N) is 4. The molecule has 0 radical (unpaired) electrons. The van der Waals surface area contributed by atoms with Gasteiger partial charge in [0.15, 0.2) is 0 Å². The van der Waals surface area contributed by atoms with Crippen molar-refractivity contribution in [2.75, 3.05) is 24.5 Å². The number of amides is 1. The van der Waals surface area contributed by atoms with Crippen LogP contribution in [0.25, 0.3) is 0 Å². The van der Waals surface area contributed by atoms with E-state index < -0.39 is 0 Å². The monoisotopic (exact) mass is 338 g/mol. The Balaban J connectivity index is 1.67. The highest BCUT2D eigenvalue weighted by Gasteiger charge is 2.22. The fourth-order valence-electron chi connectivity index (χ4n) is 3.13. The quantitative estimate of drug-likeness (QED) is 0.839. The second-order valence-electron chi connectivity index (χ2n) is 6.73. The predicted octanol–water partition coefficient (Wildman–Crippen LogP) is 3.38. The van der Waals surface area contributed by atoms with Crippen LogP contribution in [-0.4, -0.2) is 40.4 Å². The molecular formula is C20H26N4O. The number of hydrogen-bond acceptors (Lipinski definition) is 4. The van der Waals surface area contributed by atoms with Crippen molar-refractivity contribution in [1.82, 2.24) is 14.9 Å². The number of aromatic nitrogens is 2. The Kier molecular flexibility index (Phi) is 5.64. The van der Waals surface area contributed by atoms with Crippen LogP contribution in [0.15, 0.2) is 42.7 Å². The first-order valence-electron chi connectivity index (χ1n) is 9.07. The molecule has 25 heavy (non-hydrogen) atoms. The van der Waals surface area contributed by atoms with Gasteiger partial charge in [-0.05, 0) is 31.2 Å². The van der Waals surface area contributed by atoms with Gasteiger partial charge in [0.1, 0.15) is 11.5 Å². The lowest BCUT2D eigenvalue weighted by Crippen LogP contribution is -2.38. The third kappa shape index (κ3) is 4.35. The molecule has 5 heteroatoms. The summed E-state index contributed by atoms with van der Waals surface area (Å²) in [5, 5.41) is 0. The normalized spacial score (nSPS) is 15.2. The van der Waals surface area contributed by atoms with E-state index in [1.165, 1.54) is 5.56 Å². The van der Waals surface area contributed by atoms with Crippen molar-refractivity contribution in [3.63, 3.8) is 0 Å². The summed E-state index contributed by atoms with van der Waals surface area (Å²) in [7, 11) is 0. The van der Waals surface area contributed by atoms with Gasteiger partial charge in [-0.1, -0.05) is 37.3 Å². The molecule has 1 aromatic carbocycles. The number of likely N-dealkylation sites (tertiary alicyclic amines) is 1. The summed E-state index contributed by atoms with van der Waals surface area (Å²) in [6.07, 6.45) is 5.46. The molecule has 1 aromatic heterocycles. The first-order valence-corrected chi connectivity index (χ1v) is 9.07. The van der Waals surface area contributed by atoms with Crippen LogP contribution >= 0.6 is 0 Å². The minimum absolute atomic E-state index is 0.00272. The molecule has 1 saturated heterocycles. The minimum Gasteiger partial charge on any atom is -0.351 e. The van der Waals surface area contributed by atoms with E-state index in [9.17, 15) is 4.79 Å². The molecule has 0 spiro atoms. The Morgan fingerprint density at radius 3 is 2.48 bits per heavy atom. The van der Waals surface area contributed by atoms with Crippen molar-refractivity contribution in [2.45, 2.75) is 33.2 Å². The molecule has 2 heterocycles. The third-order valence-electron chi connectivity index (χ3n) is 4.85. The molecule has 1 fully saturated rings. The Morgan fingerprint density at radius 2 is 1.88 bits per heavy atom. The van der Waals surface area contributed by atoms with Crippen LogP contribution in [0.2, 0.25) is 0 Å². The summed E-state index contributed by atoms with van der Waals surface area (Å²) in [5.74, 6) is 1.50. The molecule has 0 saturated carbocycles. The topological polar surface area (TPSA) is 49.3 Å². The predicted molar refractivity (Wildman–Crippen MR) is 99.5 cm³/mol. The van der Waals surface area contributed by atoms with Gasteiger partial charge in [0.25, 0.3) is 5.91 Å². The Labute approximate surface area is 149 Å². The number of anilines is 1. The van der Waals surface area contributed by atoms with Gasteiger partial charge in [-0.3, -0.25) is 4.79 Å². The average Bonchev–Trinajstić information content (AvgIpc) is 2.67. The van der Waals surface area contributed by atoms with E-state index in [-0.39, 0.29) is 5.91 Å². The number of hydrogen-bond donors (Lipinski definition) is 0. The Hall–Kier alpha value is -2.43. The molecule has 0 N–H and O–H groups in total. The van der Waals surface area contributed by atoms with Crippen molar-refractivity contribution in [2.24, 2.45) is 5.92 Å². The van der Waals surface area contributed by atoms with Gasteiger partial charge in [-0.15, -0.1) is 0 Å². The summed E-state index contributed by atoms with van der Waals surface area (Å²) < 4.78 is 0. The van der Waals surface area contributed by atoms with Crippen LogP contribution < -0.4 is 4.90 Å². The number of carbonyl (C=O) groups is 1. The number of benzene rings is 1. The molecule has 1 aliphatic heterocycles. The lowest BCUT2D eigenvalue weighted by molar-refractivity contribution is 0.0691. The number of piperidine rings is 1. The smallest absolute Gasteiger partial charge is 0.274 e. The zero-order chi connectivity index (χ0) is 17.6.